The highest BCUT2D eigenvalue weighted by atomic mass is 32.2. The number of piperidine rings is 1. The summed E-state index contributed by atoms with van der Waals surface area (Å²) in [5.74, 6) is 3.18. The topological polar surface area (TPSA) is 44.4 Å². The number of carbonyl (C=O) groups excluding carboxylic acids is 1. The zero-order valence-corrected chi connectivity index (χ0v) is 14.6. The minimum absolute atomic E-state index is 0.0546. The lowest BCUT2D eigenvalue weighted by Crippen LogP contribution is -2.55. The van der Waals surface area contributed by atoms with Gasteiger partial charge in [0.1, 0.15) is 0 Å². The number of likely N-dealkylation sites (tertiary alicyclic amines) is 1. The van der Waals surface area contributed by atoms with E-state index in [1.165, 1.54) is 12.8 Å². The van der Waals surface area contributed by atoms with Crippen LogP contribution >= 0.6 is 11.8 Å². The van der Waals surface area contributed by atoms with E-state index < -0.39 is 0 Å². The van der Waals surface area contributed by atoms with Gasteiger partial charge in [0.25, 0.3) is 0 Å². The molecule has 2 fully saturated rings. The van der Waals surface area contributed by atoms with Crippen LogP contribution in [-0.2, 0) is 4.79 Å². The molecule has 0 aromatic heterocycles. The number of rotatable bonds is 5. The monoisotopic (exact) mass is 313 g/mol. The summed E-state index contributed by atoms with van der Waals surface area (Å²) < 4.78 is 0. The van der Waals surface area contributed by atoms with Gasteiger partial charge in [-0.1, -0.05) is 6.92 Å². The summed E-state index contributed by atoms with van der Waals surface area (Å²) in [5.41, 5.74) is 0.0546. The minimum atomic E-state index is 0.0546. The van der Waals surface area contributed by atoms with E-state index in [1.54, 1.807) is 0 Å². The molecule has 0 radical (unpaired) electrons. The van der Waals surface area contributed by atoms with Crippen molar-refractivity contribution in [3.05, 3.63) is 0 Å². The van der Waals surface area contributed by atoms with Crippen molar-refractivity contribution in [1.29, 1.82) is 0 Å². The van der Waals surface area contributed by atoms with Gasteiger partial charge in [-0.25, -0.2) is 0 Å². The van der Waals surface area contributed by atoms with Crippen LogP contribution < -0.4 is 10.6 Å². The lowest BCUT2D eigenvalue weighted by Gasteiger charge is -2.43. The van der Waals surface area contributed by atoms with E-state index in [9.17, 15) is 4.79 Å². The Labute approximate surface area is 133 Å². The first-order chi connectivity index (χ1) is 9.97. The van der Waals surface area contributed by atoms with Crippen LogP contribution in [0.2, 0.25) is 0 Å². The van der Waals surface area contributed by atoms with Crippen molar-refractivity contribution in [2.24, 2.45) is 5.92 Å². The predicted octanol–water partition coefficient (Wildman–Crippen LogP) is 1.71. The highest BCUT2D eigenvalue weighted by molar-refractivity contribution is 7.99. The molecule has 0 saturated carbocycles. The highest BCUT2D eigenvalue weighted by Gasteiger charge is 2.30. The fourth-order valence-electron chi connectivity index (χ4n) is 3.21. The van der Waals surface area contributed by atoms with Gasteiger partial charge in [-0.15, -0.1) is 0 Å². The molecule has 2 heterocycles. The molecule has 2 unspecified atom stereocenters. The Morgan fingerprint density at radius 1 is 1.48 bits per heavy atom. The number of nitrogens with one attached hydrogen (secondary N) is 2. The Hall–Kier alpha value is -0.260. The first kappa shape index (κ1) is 17.1. The van der Waals surface area contributed by atoms with Crippen LogP contribution in [0.3, 0.4) is 0 Å². The second kappa shape index (κ2) is 7.84. The van der Waals surface area contributed by atoms with Crippen LogP contribution in [-0.4, -0.2) is 60.1 Å². The summed E-state index contributed by atoms with van der Waals surface area (Å²) in [5, 5.41) is 6.58. The molecule has 0 spiro atoms. The summed E-state index contributed by atoms with van der Waals surface area (Å²) >= 11 is 1.94. The third-order valence-corrected chi connectivity index (χ3v) is 5.79. The fourth-order valence-corrected chi connectivity index (χ4v) is 4.16. The van der Waals surface area contributed by atoms with Crippen molar-refractivity contribution in [2.45, 2.75) is 51.6 Å². The maximum absolute atomic E-state index is 12.1. The smallest absolute Gasteiger partial charge is 0.221 e. The molecule has 21 heavy (non-hydrogen) atoms. The second-order valence-electron chi connectivity index (χ2n) is 7.21. The molecule has 2 aliphatic heterocycles. The number of hydrogen-bond acceptors (Lipinski definition) is 4. The summed E-state index contributed by atoms with van der Waals surface area (Å²) in [6.45, 7) is 10.9. The van der Waals surface area contributed by atoms with Crippen molar-refractivity contribution in [1.82, 2.24) is 15.5 Å². The summed E-state index contributed by atoms with van der Waals surface area (Å²) in [6.07, 6.45) is 3.23. The molecule has 2 atom stereocenters. The molecule has 0 aromatic carbocycles. The van der Waals surface area contributed by atoms with Gasteiger partial charge in [0.2, 0.25) is 5.91 Å². The number of nitrogens with zero attached hydrogens (tertiary/aromatic N) is 1. The number of carbonyl (C=O) groups is 1. The van der Waals surface area contributed by atoms with Gasteiger partial charge in [-0.05, 0) is 39.2 Å². The molecule has 0 bridgehead atoms. The summed E-state index contributed by atoms with van der Waals surface area (Å²) in [6, 6.07) is 0.349. The normalized spacial score (nSPS) is 28.3. The summed E-state index contributed by atoms with van der Waals surface area (Å²) in [4.78, 5) is 14.7. The van der Waals surface area contributed by atoms with Crippen molar-refractivity contribution >= 4 is 17.7 Å². The van der Waals surface area contributed by atoms with Gasteiger partial charge < -0.3 is 10.6 Å². The quantitative estimate of drug-likeness (QED) is 0.811. The van der Waals surface area contributed by atoms with Crippen molar-refractivity contribution < 1.29 is 4.79 Å². The lowest BCUT2D eigenvalue weighted by molar-refractivity contribution is -0.122. The van der Waals surface area contributed by atoms with E-state index in [1.807, 2.05) is 11.8 Å². The van der Waals surface area contributed by atoms with Crippen LogP contribution in [0.25, 0.3) is 0 Å². The molecular formula is C16H31N3OS. The van der Waals surface area contributed by atoms with Crippen molar-refractivity contribution in [2.75, 3.05) is 37.7 Å². The lowest BCUT2D eigenvalue weighted by atomic mass is 9.93. The SMILES string of the molecule is CC1CCCN(C(C)(C)CNC(=O)CC2CSCCN2)C1. The number of amides is 1. The van der Waals surface area contributed by atoms with Crippen LogP contribution in [0.4, 0.5) is 0 Å². The third kappa shape index (κ3) is 5.46. The van der Waals surface area contributed by atoms with Gasteiger partial charge in [-0.2, -0.15) is 11.8 Å². The fraction of sp³-hybridized carbons (Fsp3) is 0.938. The van der Waals surface area contributed by atoms with Gasteiger partial charge in [0, 0.05) is 49.1 Å². The molecule has 0 aliphatic carbocycles. The molecule has 2 N–H and O–H groups in total. The standard InChI is InChI=1S/C16H31N3OS/c1-13-5-4-7-19(10-13)16(2,3)12-18-15(20)9-14-11-21-8-6-17-14/h13-14,17H,4-12H2,1-3H3,(H,18,20). The largest absolute Gasteiger partial charge is 0.354 e. The van der Waals surface area contributed by atoms with Crippen LogP contribution in [0.15, 0.2) is 0 Å². The molecule has 4 nitrogen and oxygen atoms in total. The minimum Gasteiger partial charge on any atom is -0.354 e. The van der Waals surface area contributed by atoms with Gasteiger partial charge >= 0.3 is 0 Å². The zero-order chi connectivity index (χ0) is 15.3. The number of thioether (sulfide) groups is 1. The van der Waals surface area contributed by atoms with Crippen molar-refractivity contribution in [3.63, 3.8) is 0 Å². The molecule has 122 valence electrons. The predicted molar refractivity (Wildman–Crippen MR) is 90.8 cm³/mol. The van der Waals surface area contributed by atoms with E-state index in [4.69, 9.17) is 0 Å². The Balaban J connectivity index is 1.73. The molecule has 2 saturated heterocycles. The van der Waals surface area contributed by atoms with E-state index >= 15 is 0 Å². The first-order valence-electron chi connectivity index (χ1n) is 8.30. The first-order valence-corrected chi connectivity index (χ1v) is 9.46. The maximum Gasteiger partial charge on any atom is 0.221 e. The molecular weight excluding hydrogens is 282 g/mol. The number of hydrogen-bond donors (Lipinski definition) is 2. The van der Waals surface area contributed by atoms with Crippen LogP contribution in [0, 0.1) is 5.92 Å². The molecule has 2 aliphatic rings. The summed E-state index contributed by atoms with van der Waals surface area (Å²) in [7, 11) is 0. The van der Waals surface area contributed by atoms with E-state index in [0.717, 1.165) is 43.6 Å². The Morgan fingerprint density at radius 3 is 2.95 bits per heavy atom. The van der Waals surface area contributed by atoms with Crippen molar-refractivity contribution in [3.8, 4) is 0 Å². The maximum atomic E-state index is 12.1. The average Bonchev–Trinajstić information content (AvgIpc) is 2.46. The Morgan fingerprint density at radius 2 is 2.29 bits per heavy atom. The highest BCUT2D eigenvalue weighted by Crippen LogP contribution is 2.23. The Bertz CT molecular complexity index is 342. The molecule has 2 rings (SSSR count). The van der Waals surface area contributed by atoms with Gasteiger partial charge in [0.15, 0.2) is 0 Å². The Kier molecular flexibility index (Phi) is 6.38. The molecule has 1 amide bonds. The van der Waals surface area contributed by atoms with Gasteiger partial charge in [-0.3, -0.25) is 9.69 Å². The van der Waals surface area contributed by atoms with Crippen LogP contribution in [0.5, 0.6) is 0 Å². The van der Waals surface area contributed by atoms with E-state index in [2.05, 4.69) is 36.3 Å². The molecule has 5 heteroatoms. The molecule has 0 aromatic rings. The van der Waals surface area contributed by atoms with Crippen LogP contribution in [0.1, 0.15) is 40.0 Å². The second-order valence-corrected chi connectivity index (χ2v) is 8.36. The van der Waals surface area contributed by atoms with Gasteiger partial charge in [0.05, 0.1) is 0 Å². The zero-order valence-electron chi connectivity index (χ0n) is 13.8. The van der Waals surface area contributed by atoms with E-state index in [-0.39, 0.29) is 11.4 Å². The van der Waals surface area contributed by atoms with E-state index in [0.29, 0.717) is 12.5 Å². The third-order valence-electron chi connectivity index (χ3n) is 4.66. The average molecular weight is 314 g/mol.